The predicted octanol–water partition coefficient (Wildman–Crippen LogP) is 1.06. The zero-order valence-electron chi connectivity index (χ0n) is 8.95. The summed E-state index contributed by atoms with van der Waals surface area (Å²) < 4.78 is 0. The topological polar surface area (TPSA) is 45.2 Å². The van der Waals surface area contributed by atoms with E-state index < -0.39 is 0 Å². The van der Waals surface area contributed by atoms with Crippen molar-refractivity contribution in [3.63, 3.8) is 0 Å². The molecule has 16 heavy (non-hydrogen) atoms. The van der Waals surface area contributed by atoms with Crippen LogP contribution in [0.4, 0.5) is 0 Å². The first-order valence-electron chi connectivity index (χ1n) is 5.33. The first-order valence-corrected chi connectivity index (χ1v) is 5.71. The van der Waals surface area contributed by atoms with Gasteiger partial charge in [0, 0.05) is 43.8 Å². The highest BCUT2D eigenvalue weighted by Crippen LogP contribution is 2.10. The normalized spacial score (nSPS) is 17.9. The van der Waals surface area contributed by atoms with Gasteiger partial charge in [-0.1, -0.05) is 11.6 Å². The molecule has 1 amide bonds. The quantitative estimate of drug-likeness (QED) is 0.840. The fraction of sp³-hybridized carbons (Fsp3) is 0.455. The number of carbonyl (C=O) groups is 1. The van der Waals surface area contributed by atoms with Crippen molar-refractivity contribution in [3.8, 4) is 0 Å². The molecule has 5 heteroatoms. The molecule has 1 aromatic rings. The van der Waals surface area contributed by atoms with E-state index in [2.05, 4.69) is 15.2 Å². The molecule has 1 fully saturated rings. The molecular weight excluding hydrogens is 226 g/mol. The summed E-state index contributed by atoms with van der Waals surface area (Å²) in [6.45, 7) is 3.09. The van der Waals surface area contributed by atoms with Gasteiger partial charge in [-0.2, -0.15) is 0 Å². The molecule has 4 nitrogen and oxygen atoms in total. The van der Waals surface area contributed by atoms with Gasteiger partial charge in [-0.25, -0.2) is 0 Å². The van der Waals surface area contributed by atoms with Gasteiger partial charge in [0.05, 0.1) is 5.69 Å². The molecule has 0 spiro atoms. The Balaban J connectivity index is 1.96. The van der Waals surface area contributed by atoms with Crippen LogP contribution in [0.5, 0.6) is 0 Å². The standard InChI is InChI=1S/C11H14ClN3O/c12-9-1-3-13-10(7-9)8-15-5-2-11(16)14-4-6-15/h1,3,7H,2,4-6,8H2,(H,14,16). The average molecular weight is 240 g/mol. The third-order valence-corrected chi connectivity index (χ3v) is 2.80. The Hall–Kier alpha value is -1.13. The highest BCUT2D eigenvalue weighted by atomic mass is 35.5. The lowest BCUT2D eigenvalue weighted by molar-refractivity contribution is -0.120. The molecule has 1 aromatic heterocycles. The molecule has 0 saturated carbocycles. The molecule has 2 rings (SSSR count). The van der Waals surface area contributed by atoms with Crippen molar-refractivity contribution in [1.29, 1.82) is 0 Å². The van der Waals surface area contributed by atoms with Gasteiger partial charge in [-0.3, -0.25) is 14.7 Å². The van der Waals surface area contributed by atoms with Crippen molar-refractivity contribution in [1.82, 2.24) is 15.2 Å². The zero-order valence-corrected chi connectivity index (χ0v) is 9.70. The summed E-state index contributed by atoms with van der Waals surface area (Å²) in [5.74, 6) is 0.126. The first-order chi connectivity index (χ1) is 7.74. The number of hydrogen-bond acceptors (Lipinski definition) is 3. The van der Waals surface area contributed by atoms with E-state index in [1.165, 1.54) is 0 Å². The molecular formula is C11H14ClN3O. The van der Waals surface area contributed by atoms with Crippen molar-refractivity contribution in [2.24, 2.45) is 0 Å². The number of nitrogens with one attached hydrogen (secondary N) is 1. The van der Waals surface area contributed by atoms with Crippen LogP contribution < -0.4 is 5.32 Å². The van der Waals surface area contributed by atoms with Crippen molar-refractivity contribution in [2.75, 3.05) is 19.6 Å². The molecule has 2 heterocycles. The van der Waals surface area contributed by atoms with Gasteiger partial charge in [-0.05, 0) is 12.1 Å². The van der Waals surface area contributed by atoms with Crippen LogP contribution in [0.15, 0.2) is 18.3 Å². The summed E-state index contributed by atoms with van der Waals surface area (Å²) in [6.07, 6.45) is 2.26. The van der Waals surface area contributed by atoms with Crippen LogP contribution in [0.25, 0.3) is 0 Å². The third-order valence-electron chi connectivity index (χ3n) is 2.57. The Bertz CT molecular complexity index is 383. The largest absolute Gasteiger partial charge is 0.355 e. The van der Waals surface area contributed by atoms with Gasteiger partial charge in [0.2, 0.25) is 5.91 Å². The number of carbonyl (C=O) groups excluding carboxylic acids is 1. The molecule has 1 aliphatic heterocycles. The maximum Gasteiger partial charge on any atom is 0.221 e. The molecule has 0 bridgehead atoms. The zero-order chi connectivity index (χ0) is 11.4. The average Bonchev–Trinajstić information content (AvgIpc) is 2.44. The Morgan fingerprint density at radius 3 is 3.19 bits per heavy atom. The van der Waals surface area contributed by atoms with E-state index in [9.17, 15) is 4.79 Å². The van der Waals surface area contributed by atoms with Crippen molar-refractivity contribution in [2.45, 2.75) is 13.0 Å². The van der Waals surface area contributed by atoms with E-state index in [1.54, 1.807) is 12.3 Å². The van der Waals surface area contributed by atoms with E-state index in [1.807, 2.05) is 6.07 Å². The van der Waals surface area contributed by atoms with E-state index in [-0.39, 0.29) is 5.91 Å². The highest BCUT2D eigenvalue weighted by Gasteiger charge is 2.13. The van der Waals surface area contributed by atoms with Crippen LogP contribution in [-0.4, -0.2) is 35.4 Å². The SMILES string of the molecule is O=C1CCN(Cc2cc(Cl)ccn2)CCN1. The maximum atomic E-state index is 11.2. The summed E-state index contributed by atoms with van der Waals surface area (Å²) in [5.41, 5.74) is 0.946. The summed E-state index contributed by atoms with van der Waals surface area (Å²) in [5, 5.41) is 3.55. The molecule has 0 unspecified atom stereocenters. The molecule has 0 atom stereocenters. The van der Waals surface area contributed by atoms with Crippen LogP contribution in [0.2, 0.25) is 5.02 Å². The third kappa shape index (κ3) is 3.18. The smallest absolute Gasteiger partial charge is 0.221 e. The van der Waals surface area contributed by atoms with E-state index >= 15 is 0 Å². The summed E-state index contributed by atoms with van der Waals surface area (Å²) in [7, 11) is 0. The summed E-state index contributed by atoms with van der Waals surface area (Å²) >= 11 is 5.89. The maximum absolute atomic E-state index is 11.2. The second-order valence-electron chi connectivity index (χ2n) is 3.84. The Labute approximate surface area is 99.6 Å². The van der Waals surface area contributed by atoms with E-state index in [4.69, 9.17) is 11.6 Å². The highest BCUT2D eigenvalue weighted by molar-refractivity contribution is 6.30. The van der Waals surface area contributed by atoms with Gasteiger partial charge < -0.3 is 5.32 Å². The van der Waals surface area contributed by atoms with Crippen LogP contribution in [0.3, 0.4) is 0 Å². The van der Waals surface area contributed by atoms with Crippen LogP contribution in [0, 0.1) is 0 Å². The van der Waals surface area contributed by atoms with Crippen molar-refractivity contribution >= 4 is 17.5 Å². The second kappa shape index (κ2) is 5.27. The lowest BCUT2D eigenvalue weighted by Crippen LogP contribution is -2.28. The number of amides is 1. The van der Waals surface area contributed by atoms with Crippen LogP contribution in [0.1, 0.15) is 12.1 Å². The van der Waals surface area contributed by atoms with E-state index in [0.29, 0.717) is 18.0 Å². The molecule has 1 saturated heterocycles. The number of rotatable bonds is 2. The number of nitrogens with zero attached hydrogens (tertiary/aromatic N) is 2. The minimum Gasteiger partial charge on any atom is -0.355 e. The van der Waals surface area contributed by atoms with Gasteiger partial charge in [0.25, 0.3) is 0 Å². The molecule has 0 aromatic carbocycles. The lowest BCUT2D eigenvalue weighted by atomic mass is 10.3. The van der Waals surface area contributed by atoms with Gasteiger partial charge in [0.15, 0.2) is 0 Å². The summed E-state index contributed by atoms with van der Waals surface area (Å²) in [6, 6.07) is 3.63. The Kier molecular flexibility index (Phi) is 3.74. The number of pyridine rings is 1. The minimum atomic E-state index is 0.126. The minimum absolute atomic E-state index is 0.126. The number of hydrogen-bond donors (Lipinski definition) is 1. The second-order valence-corrected chi connectivity index (χ2v) is 4.28. The lowest BCUT2D eigenvalue weighted by Gasteiger charge is -2.18. The Morgan fingerprint density at radius 1 is 1.50 bits per heavy atom. The van der Waals surface area contributed by atoms with Gasteiger partial charge in [0.1, 0.15) is 0 Å². The predicted molar refractivity (Wildman–Crippen MR) is 62.2 cm³/mol. The molecule has 0 aliphatic carbocycles. The van der Waals surface area contributed by atoms with Crippen molar-refractivity contribution in [3.05, 3.63) is 29.0 Å². The fourth-order valence-electron chi connectivity index (χ4n) is 1.74. The molecule has 86 valence electrons. The Morgan fingerprint density at radius 2 is 2.38 bits per heavy atom. The molecule has 0 radical (unpaired) electrons. The number of aromatic nitrogens is 1. The first kappa shape index (κ1) is 11.4. The summed E-state index contributed by atoms with van der Waals surface area (Å²) in [4.78, 5) is 17.6. The molecule has 1 aliphatic rings. The van der Waals surface area contributed by atoms with Gasteiger partial charge in [-0.15, -0.1) is 0 Å². The van der Waals surface area contributed by atoms with E-state index in [0.717, 1.165) is 25.3 Å². The van der Waals surface area contributed by atoms with Crippen LogP contribution >= 0.6 is 11.6 Å². The van der Waals surface area contributed by atoms with Gasteiger partial charge >= 0.3 is 0 Å². The monoisotopic (exact) mass is 239 g/mol. The molecule has 1 N–H and O–H groups in total. The fourth-order valence-corrected chi connectivity index (χ4v) is 1.92. The number of halogens is 1. The van der Waals surface area contributed by atoms with Crippen molar-refractivity contribution < 1.29 is 4.79 Å². The van der Waals surface area contributed by atoms with Crippen LogP contribution in [-0.2, 0) is 11.3 Å².